The van der Waals surface area contributed by atoms with Gasteiger partial charge < -0.3 is 15.0 Å². The van der Waals surface area contributed by atoms with Gasteiger partial charge >= 0.3 is 6.18 Å². The summed E-state index contributed by atoms with van der Waals surface area (Å²) in [5.41, 5.74) is 1.04. The van der Waals surface area contributed by atoms with Crippen LogP contribution >= 0.6 is 0 Å². The molecule has 2 N–H and O–H groups in total. The van der Waals surface area contributed by atoms with Gasteiger partial charge in [0.15, 0.2) is 0 Å². The van der Waals surface area contributed by atoms with E-state index in [1.54, 1.807) is 0 Å². The number of hydrogen-bond acceptors (Lipinski definition) is 5. The molecule has 0 saturated carbocycles. The highest BCUT2D eigenvalue weighted by Crippen LogP contribution is 2.32. The Hall–Kier alpha value is -3.01. The van der Waals surface area contributed by atoms with Crippen molar-refractivity contribution >= 4 is 5.95 Å². The molecule has 0 saturated heterocycles. The maximum absolute atomic E-state index is 13.2. The lowest BCUT2D eigenvalue weighted by Gasteiger charge is -2.13. The Morgan fingerprint density at radius 2 is 1.81 bits per heavy atom. The van der Waals surface area contributed by atoms with Crippen LogP contribution in [-0.2, 0) is 6.54 Å². The van der Waals surface area contributed by atoms with E-state index in [1.807, 2.05) is 0 Å². The third kappa shape index (κ3) is 4.59. The van der Waals surface area contributed by atoms with Crippen molar-refractivity contribution in [2.24, 2.45) is 0 Å². The zero-order valence-electron chi connectivity index (χ0n) is 13.9. The molecule has 0 aliphatic carbocycles. The summed E-state index contributed by atoms with van der Waals surface area (Å²) in [4.78, 5) is 12.3. The predicted molar refractivity (Wildman–Crippen MR) is 90.3 cm³/mol. The molecule has 3 aromatic rings. The molecule has 2 aromatic heterocycles. The van der Waals surface area contributed by atoms with Gasteiger partial charge in [-0.05, 0) is 30.3 Å². The van der Waals surface area contributed by atoms with Gasteiger partial charge in [0.2, 0.25) is 5.95 Å². The summed E-state index contributed by atoms with van der Waals surface area (Å²) in [5, 5.41) is 11.6. The number of rotatable bonds is 6. The van der Waals surface area contributed by atoms with Gasteiger partial charge in [0.25, 0.3) is 0 Å². The molecule has 0 atom stereocenters. The van der Waals surface area contributed by atoms with Crippen LogP contribution in [0.5, 0.6) is 0 Å². The second-order valence-corrected chi connectivity index (χ2v) is 5.61. The normalized spacial score (nSPS) is 11.6. The van der Waals surface area contributed by atoms with Crippen LogP contribution in [0.2, 0.25) is 0 Å². The third-order valence-corrected chi connectivity index (χ3v) is 3.60. The van der Waals surface area contributed by atoms with E-state index < -0.39 is 18.5 Å². The summed E-state index contributed by atoms with van der Waals surface area (Å²) in [6, 6.07) is 6.74. The predicted octanol–water partition coefficient (Wildman–Crippen LogP) is 3.11. The van der Waals surface area contributed by atoms with Crippen LogP contribution in [-0.4, -0.2) is 44.0 Å². The maximum Gasteiger partial charge on any atom is 0.406 e. The summed E-state index contributed by atoms with van der Waals surface area (Å²) < 4.78 is 53.1. The van der Waals surface area contributed by atoms with Gasteiger partial charge in [-0.1, -0.05) is 0 Å². The fourth-order valence-corrected chi connectivity index (χ4v) is 2.53. The molecule has 10 heteroatoms. The second kappa shape index (κ2) is 7.70. The molecule has 0 aliphatic rings. The largest absolute Gasteiger partial charge is 0.406 e. The van der Waals surface area contributed by atoms with Crippen LogP contribution in [0.1, 0.15) is 0 Å². The summed E-state index contributed by atoms with van der Waals surface area (Å²) in [6.45, 7) is -1.21. The van der Waals surface area contributed by atoms with Crippen molar-refractivity contribution in [1.82, 2.24) is 19.5 Å². The fraction of sp³-hybridized carbons (Fsp3) is 0.235. The first-order valence-electron chi connectivity index (χ1n) is 7.93. The van der Waals surface area contributed by atoms with Crippen LogP contribution in [0.15, 0.2) is 42.9 Å². The smallest absolute Gasteiger partial charge is 0.395 e. The number of aliphatic hydroxyl groups is 1. The van der Waals surface area contributed by atoms with Crippen LogP contribution in [0.3, 0.4) is 0 Å². The lowest BCUT2D eigenvalue weighted by Crippen LogP contribution is -2.18. The Morgan fingerprint density at radius 1 is 1.07 bits per heavy atom. The first-order valence-corrected chi connectivity index (χ1v) is 7.93. The molecule has 0 unspecified atom stereocenters. The highest BCUT2D eigenvalue weighted by molar-refractivity contribution is 5.77. The van der Waals surface area contributed by atoms with Gasteiger partial charge in [0.1, 0.15) is 12.4 Å². The number of anilines is 1. The number of aromatic nitrogens is 4. The zero-order chi connectivity index (χ0) is 19.4. The molecule has 3 rings (SSSR count). The lowest BCUT2D eigenvalue weighted by atomic mass is 10.1. The monoisotopic (exact) mass is 381 g/mol. The quantitative estimate of drug-likeness (QED) is 0.642. The molecule has 142 valence electrons. The standard InChI is InChI=1S/C17H15F4N5O/c18-12-3-1-11(2-4-12)14-15(26(10-24-14)9-17(19,20)21)13-5-6-22-16(25-13)23-7-8-27/h1-6,10,27H,7-9H2,(H,22,23,25). The van der Waals surface area contributed by atoms with E-state index in [2.05, 4.69) is 20.3 Å². The topological polar surface area (TPSA) is 75.9 Å². The van der Waals surface area contributed by atoms with E-state index in [0.717, 1.165) is 10.9 Å². The minimum absolute atomic E-state index is 0.133. The van der Waals surface area contributed by atoms with Gasteiger partial charge in [-0.2, -0.15) is 13.2 Å². The molecular weight excluding hydrogens is 366 g/mol. The second-order valence-electron chi connectivity index (χ2n) is 5.61. The van der Waals surface area contributed by atoms with E-state index in [0.29, 0.717) is 5.56 Å². The zero-order valence-corrected chi connectivity index (χ0v) is 13.9. The van der Waals surface area contributed by atoms with Crippen molar-refractivity contribution in [2.45, 2.75) is 12.7 Å². The number of hydrogen-bond donors (Lipinski definition) is 2. The molecule has 6 nitrogen and oxygen atoms in total. The molecule has 0 aliphatic heterocycles. The number of imidazole rings is 1. The first kappa shape index (κ1) is 18.8. The average molecular weight is 381 g/mol. The minimum Gasteiger partial charge on any atom is -0.395 e. The summed E-state index contributed by atoms with van der Waals surface area (Å²) in [6.07, 6.45) is -1.99. The Morgan fingerprint density at radius 3 is 2.48 bits per heavy atom. The van der Waals surface area contributed by atoms with Gasteiger partial charge in [0, 0.05) is 18.3 Å². The first-order chi connectivity index (χ1) is 12.9. The highest BCUT2D eigenvalue weighted by atomic mass is 19.4. The van der Waals surface area contributed by atoms with Crippen molar-refractivity contribution in [2.75, 3.05) is 18.5 Å². The molecule has 0 spiro atoms. The highest BCUT2D eigenvalue weighted by Gasteiger charge is 2.30. The average Bonchev–Trinajstić information content (AvgIpc) is 3.02. The Labute approximate surface area is 151 Å². The molecule has 0 bridgehead atoms. The summed E-state index contributed by atoms with van der Waals surface area (Å²) in [7, 11) is 0. The van der Waals surface area contributed by atoms with Crippen molar-refractivity contribution in [3.63, 3.8) is 0 Å². The molecule has 27 heavy (non-hydrogen) atoms. The Bertz CT molecular complexity index is 908. The summed E-state index contributed by atoms with van der Waals surface area (Å²) >= 11 is 0. The van der Waals surface area contributed by atoms with Gasteiger partial charge in [-0.3, -0.25) is 0 Å². The van der Waals surface area contributed by atoms with Crippen LogP contribution < -0.4 is 5.32 Å². The van der Waals surface area contributed by atoms with Gasteiger partial charge in [0.05, 0.1) is 30.0 Å². The van der Waals surface area contributed by atoms with Gasteiger partial charge in [-0.15, -0.1) is 0 Å². The number of nitrogens with zero attached hydrogens (tertiary/aromatic N) is 4. The van der Waals surface area contributed by atoms with Crippen molar-refractivity contribution in [3.05, 3.63) is 48.7 Å². The number of benzene rings is 1. The SMILES string of the molecule is OCCNc1nccc(-c2c(-c3ccc(F)cc3)ncn2CC(F)(F)F)n1. The number of aliphatic hydroxyl groups excluding tert-OH is 1. The maximum atomic E-state index is 13.2. The Balaban J connectivity index is 2.10. The van der Waals surface area contributed by atoms with Crippen molar-refractivity contribution < 1.29 is 22.7 Å². The molecule has 0 fully saturated rings. The van der Waals surface area contributed by atoms with Crippen LogP contribution in [0.4, 0.5) is 23.5 Å². The molecular formula is C17H15F4N5O. The number of alkyl halides is 3. The van der Waals surface area contributed by atoms with Crippen molar-refractivity contribution in [3.8, 4) is 22.6 Å². The van der Waals surface area contributed by atoms with E-state index in [4.69, 9.17) is 5.11 Å². The van der Waals surface area contributed by atoms with E-state index >= 15 is 0 Å². The van der Waals surface area contributed by atoms with E-state index in [1.165, 1.54) is 36.5 Å². The summed E-state index contributed by atoms with van der Waals surface area (Å²) in [5.74, 6) is -0.307. The minimum atomic E-state index is -4.46. The lowest BCUT2D eigenvalue weighted by molar-refractivity contribution is -0.140. The van der Waals surface area contributed by atoms with Crippen LogP contribution in [0, 0.1) is 5.82 Å². The van der Waals surface area contributed by atoms with E-state index in [9.17, 15) is 17.6 Å². The van der Waals surface area contributed by atoms with Crippen LogP contribution in [0.25, 0.3) is 22.6 Å². The fourth-order valence-electron chi connectivity index (χ4n) is 2.53. The number of halogens is 4. The van der Waals surface area contributed by atoms with Gasteiger partial charge in [-0.25, -0.2) is 19.3 Å². The Kier molecular flexibility index (Phi) is 5.36. The molecule has 1 aromatic carbocycles. The molecule has 2 heterocycles. The van der Waals surface area contributed by atoms with Crippen molar-refractivity contribution in [1.29, 1.82) is 0 Å². The number of nitrogens with one attached hydrogen (secondary N) is 1. The molecule has 0 radical (unpaired) electrons. The molecule has 0 amide bonds. The third-order valence-electron chi connectivity index (χ3n) is 3.60. The van der Waals surface area contributed by atoms with E-state index in [-0.39, 0.29) is 36.2 Å².